The van der Waals surface area contributed by atoms with Gasteiger partial charge >= 0.3 is 0 Å². The van der Waals surface area contributed by atoms with Crippen LogP contribution in [0.5, 0.6) is 0 Å². The maximum atomic E-state index is 3.53. The van der Waals surface area contributed by atoms with Crippen LogP contribution in [0.2, 0.25) is 0 Å². The Hall–Kier alpha value is -1.64. The molecular formula is C18H22N2. The molecule has 0 radical (unpaired) electrons. The largest absolute Gasteiger partial charge is 0.312 e. The van der Waals surface area contributed by atoms with Crippen molar-refractivity contribution in [2.75, 3.05) is 19.6 Å². The van der Waals surface area contributed by atoms with Gasteiger partial charge in [0.2, 0.25) is 0 Å². The molecule has 2 aromatic carbocycles. The Labute approximate surface area is 121 Å². The van der Waals surface area contributed by atoms with E-state index in [0.29, 0.717) is 12.1 Å². The van der Waals surface area contributed by atoms with E-state index in [9.17, 15) is 0 Å². The number of benzene rings is 2. The van der Waals surface area contributed by atoms with Gasteiger partial charge in [-0.1, -0.05) is 60.7 Å². The van der Waals surface area contributed by atoms with Crippen molar-refractivity contribution in [2.24, 2.45) is 0 Å². The fourth-order valence-corrected chi connectivity index (χ4v) is 3.08. The van der Waals surface area contributed by atoms with Crippen LogP contribution in [-0.2, 0) is 0 Å². The summed E-state index contributed by atoms with van der Waals surface area (Å²) < 4.78 is 0. The van der Waals surface area contributed by atoms with Gasteiger partial charge in [0.25, 0.3) is 0 Å². The maximum Gasteiger partial charge on any atom is 0.0602 e. The van der Waals surface area contributed by atoms with Crippen molar-refractivity contribution in [3.05, 3.63) is 71.8 Å². The minimum atomic E-state index is 0.363. The molecule has 0 bridgehead atoms. The predicted molar refractivity (Wildman–Crippen MR) is 83.8 cm³/mol. The molecule has 1 aliphatic heterocycles. The van der Waals surface area contributed by atoms with Gasteiger partial charge in [0.1, 0.15) is 0 Å². The molecule has 3 rings (SSSR count). The van der Waals surface area contributed by atoms with E-state index in [1.807, 2.05) is 0 Å². The first kappa shape index (κ1) is 13.3. The second-order valence-corrected chi connectivity index (χ2v) is 5.57. The summed E-state index contributed by atoms with van der Waals surface area (Å²) >= 11 is 0. The number of hydrogen-bond donors (Lipinski definition) is 1. The van der Waals surface area contributed by atoms with E-state index in [0.717, 1.165) is 19.6 Å². The van der Waals surface area contributed by atoms with E-state index in [4.69, 9.17) is 0 Å². The number of nitrogens with one attached hydrogen (secondary N) is 1. The Balaban J connectivity index is 1.95. The van der Waals surface area contributed by atoms with Crippen LogP contribution in [0.3, 0.4) is 0 Å². The summed E-state index contributed by atoms with van der Waals surface area (Å²) in [5, 5.41) is 3.53. The first-order chi connectivity index (χ1) is 9.84. The molecule has 20 heavy (non-hydrogen) atoms. The summed E-state index contributed by atoms with van der Waals surface area (Å²) in [5.41, 5.74) is 2.76. The van der Waals surface area contributed by atoms with Crippen molar-refractivity contribution in [1.29, 1.82) is 0 Å². The van der Waals surface area contributed by atoms with Gasteiger partial charge < -0.3 is 5.32 Å². The zero-order valence-corrected chi connectivity index (χ0v) is 12.0. The highest BCUT2D eigenvalue weighted by atomic mass is 15.2. The summed E-state index contributed by atoms with van der Waals surface area (Å²) in [7, 11) is 0. The van der Waals surface area contributed by atoms with Crippen molar-refractivity contribution < 1.29 is 0 Å². The molecule has 2 nitrogen and oxygen atoms in total. The SMILES string of the molecule is C[C@H]1CN(C(c2ccccc2)c2ccccc2)CCN1. The first-order valence-electron chi connectivity index (χ1n) is 7.42. The number of nitrogens with zero attached hydrogens (tertiary/aromatic N) is 1. The standard InChI is InChI=1S/C18H22N2/c1-15-14-20(13-12-19-15)18(16-8-4-2-5-9-16)17-10-6-3-7-11-17/h2-11,15,18-19H,12-14H2,1H3/t15-/m0/s1. The molecule has 0 amide bonds. The van der Waals surface area contributed by atoms with Crippen LogP contribution in [-0.4, -0.2) is 30.6 Å². The van der Waals surface area contributed by atoms with Crippen LogP contribution < -0.4 is 5.32 Å². The van der Waals surface area contributed by atoms with Gasteiger partial charge in [-0.3, -0.25) is 4.90 Å². The Bertz CT molecular complexity index is 484. The van der Waals surface area contributed by atoms with Crippen LogP contribution in [0.1, 0.15) is 24.1 Å². The lowest BCUT2D eigenvalue weighted by Gasteiger charge is -2.38. The lowest BCUT2D eigenvalue weighted by atomic mass is 9.96. The Morgan fingerprint density at radius 1 is 0.950 bits per heavy atom. The van der Waals surface area contributed by atoms with E-state index in [1.165, 1.54) is 11.1 Å². The Morgan fingerprint density at radius 2 is 1.50 bits per heavy atom. The van der Waals surface area contributed by atoms with Gasteiger partial charge in [-0.05, 0) is 18.1 Å². The van der Waals surface area contributed by atoms with E-state index in [-0.39, 0.29) is 0 Å². The molecule has 104 valence electrons. The van der Waals surface area contributed by atoms with Crippen LogP contribution in [0.15, 0.2) is 60.7 Å². The molecule has 0 spiro atoms. The average Bonchev–Trinajstić information content (AvgIpc) is 2.50. The number of piperazine rings is 1. The molecule has 0 aliphatic carbocycles. The molecule has 0 unspecified atom stereocenters. The van der Waals surface area contributed by atoms with Crippen LogP contribution in [0, 0.1) is 0 Å². The molecule has 1 saturated heterocycles. The molecule has 0 saturated carbocycles. The molecule has 1 fully saturated rings. The van der Waals surface area contributed by atoms with Gasteiger partial charge in [0, 0.05) is 25.7 Å². The molecule has 1 aliphatic rings. The zero-order valence-electron chi connectivity index (χ0n) is 12.0. The lowest BCUT2D eigenvalue weighted by molar-refractivity contribution is 0.170. The molecule has 0 aromatic heterocycles. The van der Waals surface area contributed by atoms with Crippen LogP contribution >= 0.6 is 0 Å². The minimum absolute atomic E-state index is 0.363. The third kappa shape index (κ3) is 2.92. The fourth-order valence-electron chi connectivity index (χ4n) is 3.08. The quantitative estimate of drug-likeness (QED) is 0.918. The van der Waals surface area contributed by atoms with Crippen LogP contribution in [0.25, 0.3) is 0 Å². The highest BCUT2D eigenvalue weighted by Gasteiger charge is 2.25. The van der Waals surface area contributed by atoms with Crippen molar-refractivity contribution >= 4 is 0 Å². The Morgan fingerprint density at radius 3 is 2.00 bits per heavy atom. The summed E-state index contributed by atoms with van der Waals surface area (Å²) in [5.74, 6) is 0. The molecule has 2 aromatic rings. The highest BCUT2D eigenvalue weighted by Crippen LogP contribution is 2.29. The van der Waals surface area contributed by atoms with Gasteiger partial charge in [0.05, 0.1) is 6.04 Å². The minimum Gasteiger partial charge on any atom is -0.312 e. The van der Waals surface area contributed by atoms with Crippen molar-refractivity contribution in [3.8, 4) is 0 Å². The van der Waals surface area contributed by atoms with Crippen LogP contribution in [0.4, 0.5) is 0 Å². The van der Waals surface area contributed by atoms with Crippen molar-refractivity contribution in [3.63, 3.8) is 0 Å². The van der Waals surface area contributed by atoms with Crippen molar-refractivity contribution in [2.45, 2.75) is 19.0 Å². The number of hydrogen-bond acceptors (Lipinski definition) is 2. The molecule has 1 heterocycles. The fraction of sp³-hybridized carbons (Fsp3) is 0.333. The monoisotopic (exact) mass is 266 g/mol. The number of rotatable bonds is 3. The molecule has 2 heteroatoms. The van der Waals surface area contributed by atoms with Gasteiger partial charge in [-0.25, -0.2) is 0 Å². The smallest absolute Gasteiger partial charge is 0.0602 e. The highest BCUT2D eigenvalue weighted by molar-refractivity contribution is 5.32. The van der Waals surface area contributed by atoms with Gasteiger partial charge in [-0.2, -0.15) is 0 Å². The predicted octanol–water partition coefficient (Wildman–Crippen LogP) is 3.07. The second-order valence-electron chi connectivity index (χ2n) is 5.57. The van der Waals surface area contributed by atoms with Gasteiger partial charge in [0.15, 0.2) is 0 Å². The molecule has 1 N–H and O–H groups in total. The first-order valence-corrected chi connectivity index (χ1v) is 7.42. The summed E-state index contributed by atoms with van der Waals surface area (Å²) in [4.78, 5) is 2.59. The lowest BCUT2D eigenvalue weighted by Crippen LogP contribution is -2.50. The third-order valence-corrected chi connectivity index (χ3v) is 4.00. The molecule has 1 atom stereocenters. The Kier molecular flexibility index (Phi) is 4.14. The summed E-state index contributed by atoms with van der Waals surface area (Å²) in [6, 6.07) is 22.6. The van der Waals surface area contributed by atoms with E-state index < -0.39 is 0 Å². The summed E-state index contributed by atoms with van der Waals surface area (Å²) in [6.45, 7) is 5.52. The second kappa shape index (κ2) is 6.21. The van der Waals surface area contributed by atoms with E-state index in [1.54, 1.807) is 0 Å². The topological polar surface area (TPSA) is 15.3 Å². The van der Waals surface area contributed by atoms with E-state index in [2.05, 4.69) is 77.8 Å². The normalized spacial score (nSPS) is 20.2. The third-order valence-electron chi connectivity index (χ3n) is 4.00. The maximum absolute atomic E-state index is 3.53. The van der Waals surface area contributed by atoms with E-state index >= 15 is 0 Å². The summed E-state index contributed by atoms with van der Waals surface area (Å²) in [6.07, 6.45) is 0. The van der Waals surface area contributed by atoms with Crippen molar-refractivity contribution in [1.82, 2.24) is 10.2 Å². The average molecular weight is 266 g/mol. The van der Waals surface area contributed by atoms with Gasteiger partial charge in [-0.15, -0.1) is 0 Å². The zero-order chi connectivity index (χ0) is 13.8. The molecular weight excluding hydrogens is 244 g/mol.